The maximum atomic E-state index is 13.4. The lowest BCUT2D eigenvalue weighted by Crippen LogP contribution is -2.47. The first-order chi connectivity index (χ1) is 18.9. The van der Waals surface area contributed by atoms with E-state index in [1.807, 2.05) is 0 Å². The number of sulfonamides is 1. The topological polar surface area (TPSA) is 120 Å². The zero-order valence-corrected chi connectivity index (χ0v) is 23.9. The van der Waals surface area contributed by atoms with E-state index in [-0.39, 0.29) is 23.5 Å². The summed E-state index contributed by atoms with van der Waals surface area (Å²) in [5, 5.41) is 23.2. The molecule has 3 aromatic rings. The van der Waals surface area contributed by atoms with Crippen molar-refractivity contribution >= 4 is 22.1 Å². The van der Waals surface area contributed by atoms with Crippen LogP contribution in [0.5, 0.6) is 0 Å². The first-order valence-corrected chi connectivity index (χ1v) is 14.8. The van der Waals surface area contributed by atoms with Crippen LogP contribution < -0.4 is 5.32 Å². The second-order valence-corrected chi connectivity index (χ2v) is 13.2. The molecule has 40 heavy (non-hydrogen) atoms. The Kier molecular flexibility index (Phi) is 9.20. The minimum atomic E-state index is -3.94. The monoisotopic (exact) mass is 563 g/mol. The molecule has 0 amide bonds. The highest BCUT2D eigenvalue weighted by molar-refractivity contribution is 7.89. The lowest BCUT2D eigenvalue weighted by atomic mass is 9.88. The molecule has 0 spiro atoms. The number of benzene rings is 2. The van der Waals surface area contributed by atoms with Gasteiger partial charge >= 0.3 is 5.97 Å². The number of aromatic nitrogens is 1. The lowest BCUT2D eigenvalue weighted by molar-refractivity contribution is -0.131. The minimum absolute atomic E-state index is 0.00851. The smallest absolute Gasteiger partial charge is 0.328 e. The molecule has 1 aliphatic rings. The zero-order chi connectivity index (χ0) is 28.9. The SMILES string of the molecule is CN(C[C@H](O)CNC(C)(C)CC1Cc2ccccc2C1)S(=O)(=O)c1cncc(-c2ccccc2C=CC(=O)O)c1. The number of nitrogens with zero attached hydrogens (tertiary/aromatic N) is 2. The number of aliphatic hydroxyl groups excluding tert-OH is 1. The molecule has 9 heteroatoms. The summed E-state index contributed by atoms with van der Waals surface area (Å²) in [6, 6.07) is 17.1. The first-order valence-electron chi connectivity index (χ1n) is 13.4. The van der Waals surface area contributed by atoms with Crippen LogP contribution in [0, 0.1) is 5.92 Å². The number of likely N-dealkylation sites (N-methyl/N-ethyl adjacent to an activating group) is 1. The molecule has 1 aliphatic carbocycles. The Morgan fingerprint density at radius 1 is 1.12 bits per heavy atom. The van der Waals surface area contributed by atoms with E-state index in [1.54, 1.807) is 24.3 Å². The van der Waals surface area contributed by atoms with Crippen molar-refractivity contribution in [2.75, 3.05) is 20.1 Å². The van der Waals surface area contributed by atoms with Gasteiger partial charge in [-0.25, -0.2) is 13.2 Å². The highest BCUT2D eigenvalue weighted by Crippen LogP contribution is 2.32. The van der Waals surface area contributed by atoms with Gasteiger partial charge < -0.3 is 15.5 Å². The fourth-order valence-corrected chi connectivity index (χ4v) is 6.59. The number of carbonyl (C=O) groups is 1. The average Bonchev–Trinajstić information content (AvgIpc) is 3.32. The van der Waals surface area contributed by atoms with E-state index in [2.05, 4.69) is 48.4 Å². The van der Waals surface area contributed by atoms with Crippen molar-refractivity contribution in [1.29, 1.82) is 0 Å². The van der Waals surface area contributed by atoms with Crippen LogP contribution in [0.25, 0.3) is 17.2 Å². The Morgan fingerprint density at radius 2 is 1.77 bits per heavy atom. The number of fused-ring (bicyclic) bond motifs is 1. The zero-order valence-electron chi connectivity index (χ0n) is 23.1. The number of hydrogen-bond donors (Lipinski definition) is 3. The predicted molar refractivity (Wildman–Crippen MR) is 156 cm³/mol. The van der Waals surface area contributed by atoms with E-state index in [4.69, 9.17) is 5.11 Å². The van der Waals surface area contributed by atoms with Crippen molar-refractivity contribution < 1.29 is 23.4 Å². The number of carboxylic acids is 1. The van der Waals surface area contributed by atoms with Crippen molar-refractivity contribution in [2.45, 2.75) is 49.6 Å². The Balaban J connectivity index is 1.37. The van der Waals surface area contributed by atoms with Crippen LogP contribution in [0.4, 0.5) is 0 Å². The normalized spacial score (nSPS) is 15.0. The molecule has 1 atom stereocenters. The number of rotatable bonds is 12. The van der Waals surface area contributed by atoms with Crippen LogP contribution in [0.2, 0.25) is 0 Å². The van der Waals surface area contributed by atoms with Crippen LogP contribution in [0.3, 0.4) is 0 Å². The third kappa shape index (κ3) is 7.42. The summed E-state index contributed by atoms with van der Waals surface area (Å²) in [4.78, 5) is 15.1. The van der Waals surface area contributed by atoms with Gasteiger partial charge in [-0.05, 0) is 73.4 Å². The Hall–Kier alpha value is -3.37. The second kappa shape index (κ2) is 12.4. The predicted octanol–water partition coefficient (Wildman–Crippen LogP) is 4.00. The van der Waals surface area contributed by atoms with Gasteiger partial charge in [-0.15, -0.1) is 0 Å². The molecule has 1 heterocycles. The third-order valence-electron chi connectivity index (χ3n) is 7.32. The van der Waals surface area contributed by atoms with E-state index in [1.165, 1.54) is 42.7 Å². The van der Waals surface area contributed by atoms with Crippen LogP contribution in [-0.4, -0.2) is 65.7 Å². The van der Waals surface area contributed by atoms with Crippen LogP contribution in [0.15, 0.2) is 78.0 Å². The van der Waals surface area contributed by atoms with E-state index in [0.29, 0.717) is 22.6 Å². The van der Waals surface area contributed by atoms with Crippen LogP contribution in [-0.2, 0) is 27.7 Å². The van der Waals surface area contributed by atoms with Gasteiger partial charge in [0.2, 0.25) is 10.0 Å². The van der Waals surface area contributed by atoms with E-state index in [9.17, 15) is 18.3 Å². The van der Waals surface area contributed by atoms with Crippen molar-refractivity contribution in [1.82, 2.24) is 14.6 Å². The summed E-state index contributed by atoms with van der Waals surface area (Å²) in [6.07, 6.45) is 7.46. The molecule has 0 saturated heterocycles. The summed E-state index contributed by atoms with van der Waals surface area (Å²) < 4.78 is 27.8. The van der Waals surface area contributed by atoms with Crippen molar-refractivity contribution in [3.05, 3.63) is 89.8 Å². The fraction of sp³-hybridized carbons (Fsp3) is 0.355. The molecule has 1 aromatic heterocycles. The molecule has 4 rings (SSSR count). The quantitative estimate of drug-likeness (QED) is 0.285. The van der Waals surface area contributed by atoms with E-state index < -0.39 is 22.1 Å². The number of carboxylic acid groups (broad SMARTS) is 1. The van der Waals surface area contributed by atoms with Gasteiger partial charge in [-0.3, -0.25) is 4.98 Å². The number of aliphatic carboxylic acids is 1. The van der Waals surface area contributed by atoms with E-state index in [0.717, 1.165) is 29.6 Å². The second-order valence-electron chi connectivity index (χ2n) is 11.1. The Morgan fingerprint density at radius 3 is 2.45 bits per heavy atom. The lowest BCUT2D eigenvalue weighted by Gasteiger charge is -2.31. The number of nitrogens with one attached hydrogen (secondary N) is 1. The highest BCUT2D eigenvalue weighted by atomic mass is 32.2. The molecule has 0 unspecified atom stereocenters. The van der Waals surface area contributed by atoms with Gasteiger partial charge in [0.05, 0.1) is 6.10 Å². The molecular weight excluding hydrogens is 526 g/mol. The van der Waals surface area contributed by atoms with Gasteiger partial charge in [0.1, 0.15) is 4.90 Å². The first kappa shape index (κ1) is 29.6. The van der Waals surface area contributed by atoms with Crippen LogP contribution >= 0.6 is 0 Å². The van der Waals surface area contributed by atoms with Gasteiger partial charge in [-0.1, -0.05) is 48.5 Å². The maximum Gasteiger partial charge on any atom is 0.328 e. The third-order valence-corrected chi connectivity index (χ3v) is 9.11. The summed E-state index contributed by atoms with van der Waals surface area (Å²) in [7, 11) is -2.50. The van der Waals surface area contributed by atoms with Crippen molar-refractivity contribution in [2.24, 2.45) is 5.92 Å². The van der Waals surface area contributed by atoms with Crippen LogP contribution in [0.1, 0.15) is 37.0 Å². The van der Waals surface area contributed by atoms with Crippen molar-refractivity contribution in [3.63, 3.8) is 0 Å². The van der Waals surface area contributed by atoms with Gasteiger partial charge in [0.15, 0.2) is 0 Å². The summed E-state index contributed by atoms with van der Waals surface area (Å²) in [5.41, 5.74) is 4.43. The number of pyridine rings is 1. The number of aliphatic hydroxyl groups is 1. The Labute approximate surface area is 236 Å². The molecular formula is C31H37N3O5S. The number of hydrogen-bond acceptors (Lipinski definition) is 6. The average molecular weight is 564 g/mol. The maximum absolute atomic E-state index is 13.4. The van der Waals surface area contributed by atoms with Gasteiger partial charge in [0, 0.05) is 49.7 Å². The van der Waals surface area contributed by atoms with Gasteiger partial charge in [-0.2, -0.15) is 4.31 Å². The minimum Gasteiger partial charge on any atom is -0.478 e. The fourth-order valence-electron chi connectivity index (χ4n) is 5.40. The number of β-amino-alcohol motifs (C(OH)–C–C–N with tert-alkyl or cyclic N) is 1. The Bertz CT molecular complexity index is 1460. The molecule has 0 radical (unpaired) electrons. The summed E-state index contributed by atoms with van der Waals surface area (Å²) in [6.45, 7) is 4.41. The molecule has 0 bridgehead atoms. The standard InChI is InChI=1S/C31H37N3O5S/c1-31(2,17-22-14-24-9-4-5-10-25(24)15-22)33-19-27(35)21-34(3)40(38,39)28-16-26(18-32-20-28)29-11-7-6-8-23(29)12-13-30(36)37/h4-13,16,18,20,22,27,33,35H,14-15,17,19,21H2,1-3H3,(H,36,37)/t27-/m1/s1. The largest absolute Gasteiger partial charge is 0.478 e. The van der Waals surface area contributed by atoms with Crippen molar-refractivity contribution in [3.8, 4) is 11.1 Å². The molecule has 0 fully saturated rings. The molecule has 0 saturated carbocycles. The summed E-state index contributed by atoms with van der Waals surface area (Å²) in [5.74, 6) is -0.545. The molecule has 2 aromatic carbocycles. The van der Waals surface area contributed by atoms with Gasteiger partial charge in [0.25, 0.3) is 0 Å². The summed E-state index contributed by atoms with van der Waals surface area (Å²) >= 11 is 0. The van der Waals surface area contributed by atoms with E-state index >= 15 is 0 Å². The molecule has 8 nitrogen and oxygen atoms in total. The highest BCUT2D eigenvalue weighted by Gasteiger charge is 2.29. The molecule has 212 valence electrons. The molecule has 3 N–H and O–H groups in total. The molecule has 0 aliphatic heterocycles.